The molecule has 0 aromatic heterocycles. The van der Waals surface area contributed by atoms with Crippen LogP contribution in [0.1, 0.15) is 24.8 Å². The molecule has 2 amide bonds. The number of hydrogen-bond donors (Lipinski definition) is 3. The summed E-state index contributed by atoms with van der Waals surface area (Å²) in [5, 5.41) is 14.1. The van der Waals surface area contributed by atoms with Gasteiger partial charge in [-0.3, -0.25) is 4.79 Å². The molecule has 1 aromatic rings. The van der Waals surface area contributed by atoms with Crippen molar-refractivity contribution in [3.05, 3.63) is 29.6 Å². The Labute approximate surface area is 116 Å². The van der Waals surface area contributed by atoms with Gasteiger partial charge in [0.15, 0.2) is 0 Å². The summed E-state index contributed by atoms with van der Waals surface area (Å²) >= 11 is 0. The first-order chi connectivity index (χ1) is 9.45. The number of carbonyl (C=O) groups is 2. The van der Waals surface area contributed by atoms with Crippen molar-refractivity contribution in [3.63, 3.8) is 0 Å². The maximum Gasteiger partial charge on any atom is 0.319 e. The fourth-order valence-corrected chi connectivity index (χ4v) is 2.12. The minimum atomic E-state index is -0.930. The van der Waals surface area contributed by atoms with Crippen molar-refractivity contribution in [2.24, 2.45) is 5.92 Å². The Morgan fingerprint density at radius 3 is 2.70 bits per heavy atom. The van der Waals surface area contributed by atoms with Crippen LogP contribution in [-0.4, -0.2) is 23.1 Å². The van der Waals surface area contributed by atoms with Crippen molar-refractivity contribution in [1.82, 2.24) is 5.32 Å². The molecule has 20 heavy (non-hydrogen) atoms. The second-order valence-corrected chi connectivity index (χ2v) is 5.10. The zero-order chi connectivity index (χ0) is 14.7. The van der Waals surface area contributed by atoms with Crippen LogP contribution in [0.3, 0.4) is 0 Å². The Bertz CT molecular complexity index is 529. The van der Waals surface area contributed by atoms with E-state index in [9.17, 15) is 14.0 Å². The number of aliphatic carboxylic acids is 1. The number of carboxylic acids is 1. The number of aryl methyl sites for hydroxylation is 1. The monoisotopic (exact) mass is 280 g/mol. The van der Waals surface area contributed by atoms with Gasteiger partial charge in [0.1, 0.15) is 5.82 Å². The first-order valence-electron chi connectivity index (χ1n) is 6.51. The van der Waals surface area contributed by atoms with Crippen LogP contribution in [0.25, 0.3) is 0 Å². The van der Waals surface area contributed by atoms with Crippen LogP contribution in [0.5, 0.6) is 0 Å². The molecule has 0 spiro atoms. The topological polar surface area (TPSA) is 78.4 Å². The summed E-state index contributed by atoms with van der Waals surface area (Å²) in [6, 6.07) is 3.25. The predicted molar refractivity (Wildman–Crippen MR) is 72.1 cm³/mol. The van der Waals surface area contributed by atoms with E-state index in [4.69, 9.17) is 5.11 Å². The van der Waals surface area contributed by atoms with E-state index in [0.29, 0.717) is 11.3 Å². The molecular weight excluding hydrogens is 263 g/mol. The van der Waals surface area contributed by atoms with E-state index in [0.717, 1.165) is 12.8 Å². The number of rotatable bonds is 5. The Morgan fingerprint density at radius 2 is 2.15 bits per heavy atom. The summed E-state index contributed by atoms with van der Waals surface area (Å²) in [7, 11) is 0. The molecule has 3 N–H and O–H groups in total. The standard InChI is InChI=1S/C14H17FN2O3/c1-8-6-10(15)4-5-11(8)16-14(20)17-12(7-13(18)19)9-2-3-9/h4-6,9,12H,2-3,7H2,1H3,(H,18,19)(H2,16,17,20). The molecular formula is C14H17FN2O3. The SMILES string of the molecule is Cc1cc(F)ccc1NC(=O)NC(CC(=O)O)C1CC1. The third-order valence-corrected chi connectivity index (χ3v) is 3.34. The van der Waals surface area contributed by atoms with Gasteiger partial charge in [-0.1, -0.05) is 0 Å². The molecule has 108 valence electrons. The number of anilines is 1. The summed E-state index contributed by atoms with van der Waals surface area (Å²) in [5.41, 5.74) is 1.12. The normalized spacial score (nSPS) is 15.5. The first-order valence-corrected chi connectivity index (χ1v) is 6.51. The number of amides is 2. The molecule has 6 heteroatoms. The molecule has 0 saturated heterocycles. The molecule has 0 bridgehead atoms. The van der Waals surface area contributed by atoms with Crippen molar-refractivity contribution in [2.45, 2.75) is 32.2 Å². The maximum absolute atomic E-state index is 13.0. The number of hydrogen-bond acceptors (Lipinski definition) is 2. The molecule has 2 rings (SSSR count). The first kappa shape index (κ1) is 14.3. The van der Waals surface area contributed by atoms with Gasteiger partial charge in [-0.25, -0.2) is 9.18 Å². The van der Waals surface area contributed by atoms with Gasteiger partial charge in [0.25, 0.3) is 0 Å². The fourth-order valence-electron chi connectivity index (χ4n) is 2.12. The van der Waals surface area contributed by atoms with Gasteiger partial charge in [0.2, 0.25) is 0 Å². The lowest BCUT2D eigenvalue weighted by atomic mass is 10.1. The lowest BCUT2D eigenvalue weighted by Gasteiger charge is -2.17. The largest absolute Gasteiger partial charge is 0.481 e. The fraction of sp³-hybridized carbons (Fsp3) is 0.429. The summed E-state index contributed by atoms with van der Waals surface area (Å²) in [5.74, 6) is -1.05. The second-order valence-electron chi connectivity index (χ2n) is 5.10. The van der Waals surface area contributed by atoms with Crippen LogP contribution < -0.4 is 10.6 Å². The Morgan fingerprint density at radius 1 is 1.45 bits per heavy atom. The predicted octanol–water partition coefficient (Wildman–Crippen LogP) is 2.51. The average molecular weight is 280 g/mol. The van der Waals surface area contributed by atoms with E-state index in [1.165, 1.54) is 18.2 Å². The number of urea groups is 1. The smallest absolute Gasteiger partial charge is 0.319 e. The van der Waals surface area contributed by atoms with Crippen LogP contribution in [-0.2, 0) is 4.79 Å². The van der Waals surface area contributed by atoms with Crippen LogP contribution >= 0.6 is 0 Å². The number of halogens is 1. The number of carbonyl (C=O) groups excluding carboxylic acids is 1. The van der Waals surface area contributed by atoms with Crippen LogP contribution in [0.2, 0.25) is 0 Å². The van der Waals surface area contributed by atoms with Gasteiger partial charge in [-0.2, -0.15) is 0 Å². The highest BCUT2D eigenvalue weighted by atomic mass is 19.1. The van der Waals surface area contributed by atoms with Crippen molar-refractivity contribution in [3.8, 4) is 0 Å². The third-order valence-electron chi connectivity index (χ3n) is 3.34. The number of benzene rings is 1. The maximum atomic E-state index is 13.0. The van der Waals surface area contributed by atoms with Crippen molar-refractivity contribution >= 4 is 17.7 Å². The molecule has 5 nitrogen and oxygen atoms in total. The Kier molecular flexibility index (Phi) is 4.22. The van der Waals surface area contributed by atoms with Gasteiger partial charge in [0, 0.05) is 11.7 Å². The third kappa shape index (κ3) is 3.94. The van der Waals surface area contributed by atoms with Gasteiger partial charge >= 0.3 is 12.0 Å². The van der Waals surface area contributed by atoms with Gasteiger partial charge < -0.3 is 15.7 Å². The Balaban J connectivity index is 1.95. The van der Waals surface area contributed by atoms with E-state index >= 15 is 0 Å². The van der Waals surface area contributed by atoms with Crippen molar-refractivity contribution in [2.75, 3.05) is 5.32 Å². The van der Waals surface area contributed by atoms with Crippen LogP contribution in [0.15, 0.2) is 18.2 Å². The van der Waals surface area contributed by atoms with E-state index in [-0.39, 0.29) is 24.2 Å². The highest BCUT2D eigenvalue weighted by Gasteiger charge is 2.33. The van der Waals surface area contributed by atoms with E-state index in [1.54, 1.807) is 6.92 Å². The van der Waals surface area contributed by atoms with Gasteiger partial charge in [-0.15, -0.1) is 0 Å². The molecule has 1 fully saturated rings. The summed E-state index contributed by atoms with van der Waals surface area (Å²) in [4.78, 5) is 22.6. The summed E-state index contributed by atoms with van der Waals surface area (Å²) < 4.78 is 13.0. The lowest BCUT2D eigenvalue weighted by Crippen LogP contribution is -2.40. The molecule has 0 aliphatic heterocycles. The van der Waals surface area contributed by atoms with Crippen molar-refractivity contribution < 1.29 is 19.1 Å². The molecule has 1 unspecified atom stereocenters. The zero-order valence-corrected chi connectivity index (χ0v) is 11.1. The van der Waals surface area contributed by atoms with E-state index in [2.05, 4.69) is 10.6 Å². The van der Waals surface area contributed by atoms with Gasteiger partial charge in [0.05, 0.1) is 6.42 Å². The number of nitrogens with one attached hydrogen (secondary N) is 2. The summed E-state index contributed by atoms with van der Waals surface area (Å²) in [6.07, 6.45) is 1.79. The highest BCUT2D eigenvalue weighted by molar-refractivity contribution is 5.90. The minimum absolute atomic E-state index is 0.0829. The Hall–Kier alpha value is -2.11. The highest BCUT2D eigenvalue weighted by Crippen LogP contribution is 2.34. The molecule has 0 heterocycles. The zero-order valence-electron chi connectivity index (χ0n) is 11.1. The van der Waals surface area contributed by atoms with E-state index in [1.807, 2.05) is 0 Å². The molecule has 1 aliphatic carbocycles. The number of carboxylic acid groups (broad SMARTS) is 1. The quantitative estimate of drug-likeness (QED) is 0.775. The van der Waals surface area contributed by atoms with Crippen LogP contribution in [0.4, 0.5) is 14.9 Å². The molecule has 0 radical (unpaired) electrons. The van der Waals surface area contributed by atoms with Crippen molar-refractivity contribution in [1.29, 1.82) is 0 Å². The lowest BCUT2D eigenvalue weighted by molar-refractivity contribution is -0.137. The molecule has 1 aliphatic rings. The summed E-state index contributed by atoms with van der Waals surface area (Å²) in [6.45, 7) is 1.69. The molecule has 1 atom stereocenters. The van der Waals surface area contributed by atoms with Gasteiger partial charge in [-0.05, 0) is 49.4 Å². The van der Waals surface area contributed by atoms with E-state index < -0.39 is 12.0 Å². The van der Waals surface area contributed by atoms with Crippen LogP contribution in [0, 0.1) is 18.7 Å². The second kappa shape index (κ2) is 5.90. The average Bonchev–Trinajstić information content (AvgIpc) is 3.15. The molecule has 1 saturated carbocycles. The molecule has 1 aromatic carbocycles. The minimum Gasteiger partial charge on any atom is -0.481 e.